The second kappa shape index (κ2) is 3.92. The van der Waals surface area contributed by atoms with Crippen molar-refractivity contribution in [1.29, 1.82) is 0 Å². The maximum Gasteiger partial charge on any atom is 0.434 e. The molecule has 1 aliphatic rings. The standard InChI is InChI=1S/C10H13F3N4/c11-10(12,13)8-5-16-7(4-17-8)9(15)3-1-2-6(9)14/h4-6H,1-3,14-15H2. The van der Waals surface area contributed by atoms with Crippen LogP contribution in [0.25, 0.3) is 0 Å². The van der Waals surface area contributed by atoms with E-state index in [-0.39, 0.29) is 6.04 Å². The first kappa shape index (κ1) is 12.3. The molecule has 0 saturated heterocycles. The number of nitrogens with zero attached hydrogens (tertiary/aromatic N) is 2. The summed E-state index contributed by atoms with van der Waals surface area (Å²) in [4.78, 5) is 7.11. The fraction of sp³-hybridized carbons (Fsp3) is 0.600. The minimum absolute atomic E-state index is 0.284. The summed E-state index contributed by atoms with van der Waals surface area (Å²) in [6.07, 6.45) is -0.484. The van der Waals surface area contributed by atoms with E-state index >= 15 is 0 Å². The van der Waals surface area contributed by atoms with Crippen LogP contribution in [0.1, 0.15) is 30.7 Å². The summed E-state index contributed by atoms with van der Waals surface area (Å²) in [7, 11) is 0. The minimum atomic E-state index is -4.48. The van der Waals surface area contributed by atoms with Crippen molar-refractivity contribution in [3.8, 4) is 0 Å². The summed E-state index contributed by atoms with van der Waals surface area (Å²) < 4.78 is 36.9. The van der Waals surface area contributed by atoms with Gasteiger partial charge in [-0.2, -0.15) is 13.2 Å². The van der Waals surface area contributed by atoms with Gasteiger partial charge in [-0.3, -0.25) is 4.98 Å². The molecule has 94 valence electrons. The predicted octanol–water partition coefficient (Wildman–Crippen LogP) is 1.16. The summed E-state index contributed by atoms with van der Waals surface area (Å²) in [5, 5.41) is 0. The SMILES string of the molecule is NC1CCCC1(N)c1cnc(C(F)(F)F)cn1. The first-order valence-electron chi connectivity index (χ1n) is 5.28. The van der Waals surface area contributed by atoms with Crippen LogP contribution in [-0.2, 0) is 11.7 Å². The van der Waals surface area contributed by atoms with Crippen LogP contribution in [-0.4, -0.2) is 16.0 Å². The third kappa shape index (κ3) is 2.12. The van der Waals surface area contributed by atoms with Crippen molar-refractivity contribution >= 4 is 0 Å². The van der Waals surface area contributed by atoms with E-state index in [4.69, 9.17) is 11.5 Å². The maximum atomic E-state index is 12.3. The van der Waals surface area contributed by atoms with Gasteiger partial charge in [-0.15, -0.1) is 0 Å². The van der Waals surface area contributed by atoms with E-state index in [0.29, 0.717) is 18.3 Å². The topological polar surface area (TPSA) is 77.8 Å². The lowest BCUT2D eigenvalue weighted by molar-refractivity contribution is -0.141. The van der Waals surface area contributed by atoms with Gasteiger partial charge in [0, 0.05) is 6.04 Å². The minimum Gasteiger partial charge on any atom is -0.326 e. The molecule has 0 aliphatic heterocycles. The Hall–Kier alpha value is -1.21. The number of aromatic nitrogens is 2. The Labute approximate surface area is 96.2 Å². The molecule has 0 spiro atoms. The van der Waals surface area contributed by atoms with Gasteiger partial charge in [0.15, 0.2) is 5.69 Å². The van der Waals surface area contributed by atoms with Crippen LogP contribution in [0, 0.1) is 0 Å². The summed E-state index contributed by atoms with van der Waals surface area (Å²) in [6, 6.07) is -0.284. The van der Waals surface area contributed by atoms with Gasteiger partial charge < -0.3 is 11.5 Å². The zero-order chi connectivity index (χ0) is 12.7. The summed E-state index contributed by atoms with van der Waals surface area (Å²) in [5.74, 6) is 0. The Bertz CT molecular complexity index is 403. The third-order valence-electron chi connectivity index (χ3n) is 3.19. The van der Waals surface area contributed by atoms with Crippen LogP contribution in [0.3, 0.4) is 0 Å². The smallest absolute Gasteiger partial charge is 0.326 e. The van der Waals surface area contributed by atoms with Crippen LogP contribution in [0.2, 0.25) is 0 Å². The van der Waals surface area contributed by atoms with Gasteiger partial charge in [-0.1, -0.05) is 0 Å². The van der Waals surface area contributed by atoms with Gasteiger partial charge in [0.1, 0.15) is 0 Å². The molecular weight excluding hydrogens is 233 g/mol. The largest absolute Gasteiger partial charge is 0.434 e. The molecule has 1 heterocycles. The zero-order valence-corrected chi connectivity index (χ0v) is 9.04. The van der Waals surface area contributed by atoms with Gasteiger partial charge in [0.2, 0.25) is 0 Å². The summed E-state index contributed by atoms with van der Waals surface area (Å²) >= 11 is 0. The van der Waals surface area contributed by atoms with E-state index < -0.39 is 17.4 Å². The molecule has 1 aromatic rings. The van der Waals surface area contributed by atoms with Crippen molar-refractivity contribution in [2.75, 3.05) is 0 Å². The Balaban J connectivity index is 2.30. The van der Waals surface area contributed by atoms with Crippen molar-refractivity contribution in [3.63, 3.8) is 0 Å². The van der Waals surface area contributed by atoms with E-state index in [1.165, 1.54) is 0 Å². The van der Waals surface area contributed by atoms with Crippen LogP contribution >= 0.6 is 0 Å². The fourth-order valence-corrected chi connectivity index (χ4v) is 2.09. The maximum absolute atomic E-state index is 12.3. The number of rotatable bonds is 1. The number of alkyl halides is 3. The van der Waals surface area contributed by atoms with Crippen LogP contribution in [0.5, 0.6) is 0 Å². The average molecular weight is 246 g/mol. The highest BCUT2D eigenvalue weighted by Gasteiger charge is 2.41. The summed E-state index contributed by atoms with van der Waals surface area (Å²) in [5.41, 5.74) is 10.4. The third-order valence-corrected chi connectivity index (χ3v) is 3.19. The normalized spacial score (nSPS) is 29.6. The first-order chi connectivity index (χ1) is 7.84. The first-order valence-corrected chi connectivity index (χ1v) is 5.28. The van der Waals surface area contributed by atoms with Gasteiger partial charge in [-0.25, -0.2) is 4.98 Å². The Morgan fingerprint density at radius 2 is 2.00 bits per heavy atom. The lowest BCUT2D eigenvalue weighted by Crippen LogP contribution is -2.49. The van der Waals surface area contributed by atoms with Gasteiger partial charge in [0.25, 0.3) is 0 Å². The molecule has 2 rings (SSSR count). The fourth-order valence-electron chi connectivity index (χ4n) is 2.09. The molecule has 1 saturated carbocycles. The molecule has 2 atom stereocenters. The highest BCUT2D eigenvalue weighted by molar-refractivity contribution is 5.19. The molecule has 0 radical (unpaired) electrons. The van der Waals surface area contributed by atoms with Gasteiger partial charge in [0.05, 0.1) is 23.6 Å². The Morgan fingerprint density at radius 3 is 2.41 bits per heavy atom. The van der Waals surface area contributed by atoms with Crippen molar-refractivity contribution in [2.45, 2.75) is 37.0 Å². The van der Waals surface area contributed by atoms with E-state index in [2.05, 4.69) is 9.97 Å². The molecule has 1 fully saturated rings. The van der Waals surface area contributed by atoms with Gasteiger partial charge >= 0.3 is 6.18 Å². The molecule has 4 nitrogen and oxygen atoms in total. The molecular formula is C10H13F3N4. The van der Waals surface area contributed by atoms with Crippen LogP contribution in [0.4, 0.5) is 13.2 Å². The van der Waals surface area contributed by atoms with Crippen LogP contribution in [0.15, 0.2) is 12.4 Å². The number of halogens is 3. The molecule has 0 bridgehead atoms. The molecule has 0 amide bonds. The monoisotopic (exact) mass is 246 g/mol. The lowest BCUT2D eigenvalue weighted by Gasteiger charge is -2.27. The Morgan fingerprint density at radius 1 is 1.29 bits per heavy atom. The predicted molar refractivity (Wildman–Crippen MR) is 54.7 cm³/mol. The highest BCUT2D eigenvalue weighted by atomic mass is 19.4. The summed E-state index contributed by atoms with van der Waals surface area (Å²) in [6.45, 7) is 0. The van der Waals surface area contributed by atoms with Crippen molar-refractivity contribution in [1.82, 2.24) is 9.97 Å². The Kier molecular flexibility index (Phi) is 2.82. The van der Waals surface area contributed by atoms with E-state index in [9.17, 15) is 13.2 Å². The van der Waals surface area contributed by atoms with Crippen molar-refractivity contribution in [3.05, 3.63) is 23.8 Å². The molecule has 4 N–H and O–H groups in total. The van der Waals surface area contributed by atoms with E-state index in [1.807, 2.05) is 0 Å². The molecule has 2 unspecified atom stereocenters. The molecule has 17 heavy (non-hydrogen) atoms. The molecule has 7 heteroatoms. The van der Waals surface area contributed by atoms with Gasteiger partial charge in [-0.05, 0) is 19.3 Å². The van der Waals surface area contributed by atoms with Crippen LogP contribution < -0.4 is 11.5 Å². The quantitative estimate of drug-likeness (QED) is 0.779. The second-order valence-electron chi connectivity index (χ2n) is 4.32. The number of hydrogen-bond acceptors (Lipinski definition) is 4. The number of hydrogen-bond donors (Lipinski definition) is 2. The lowest BCUT2D eigenvalue weighted by atomic mass is 9.91. The van der Waals surface area contributed by atoms with Crippen molar-refractivity contribution in [2.24, 2.45) is 11.5 Å². The molecule has 0 aromatic carbocycles. The molecule has 1 aromatic heterocycles. The highest BCUT2D eigenvalue weighted by Crippen LogP contribution is 2.35. The molecule has 1 aliphatic carbocycles. The van der Waals surface area contributed by atoms with E-state index in [0.717, 1.165) is 19.0 Å². The average Bonchev–Trinajstić information content (AvgIpc) is 2.60. The second-order valence-corrected chi connectivity index (χ2v) is 4.32. The van der Waals surface area contributed by atoms with E-state index in [1.54, 1.807) is 0 Å². The number of nitrogens with two attached hydrogens (primary N) is 2. The van der Waals surface area contributed by atoms with Crippen molar-refractivity contribution < 1.29 is 13.2 Å². The zero-order valence-electron chi connectivity index (χ0n) is 9.04.